The topological polar surface area (TPSA) is 59.5 Å². The number of carbonyl (C=O) groups is 2. The van der Waals surface area contributed by atoms with Crippen molar-refractivity contribution in [1.82, 2.24) is 4.98 Å². The Morgan fingerprint density at radius 2 is 1.92 bits per heavy atom. The number of anilines is 1. The van der Waals surface area contributed by atoms with Crippen molar-refractivity contribution in [2.75, 3.05) is 11.5 Å². The Bertz CT molecular complexity index is 1300. The summed E-state index contributed by atoms with van der Waals surface area (Å²) in [5.41, 5.74) is 0.959. The van der Waals surface area contributed by atoms with Crippen molar-refractivity contribution in [3.8, 4) is 16.9 Å². The fourth-order valence-electron chi connectivity index (χ4n) is 3.83. The van der Waals surface area contributed by atoms with E-state index >= 15 is 0 Å². The minimum Gasteiger partial charge on any atom is -0.489 e. The number of ether oxygens (including phenoxy) is 1. The minimum atomic E-state index is -2.29. The lowest BCUT2D eigenvalue weighted by Crippen LogP contribution is -2.55. The Hall–Kier alpha value is -2.77. The summed E-state index contributed by atoms with van der Waals surface area (Å²) in [5, 5.41) is -2.07. The molecule has 5 nitrogen and oxygen atoms in total. The Morgan fingerprint density at radius 3 is 2.53 bits per heavy atom. The number of benzene rings is 2. The standard InChI is InChI=1S/C25H18B3Cl2FN2O3/c26-25(27,28)33(24(35)22-19(30)5-2-6-20(22)31)23-21(36-13-14-3-1-4-14)10-16(11-32-23)17-9-15(12-34)7-8-18(17)29/h2,5-12,14H,1,3-4,13H2. The summed E-state index contributed by atoms with van der Waals surface area (Å²) in [6.45, 7) is 0.343. The second-order valence-corrected chi connectivity index (χ2v) is 9.45. The molecule has 1 fully saturated rings. The molecule has 36 heavy (non-hydrogen) atoms. The SMILES string of the molecule is [B]C([B])([B])N(C(=O)c1c(F)cccc1Cl)c1ncc(-c2cc(C=O)ccc2Cl)cc1OCC1CCC1. The highest BCUT2D eigenvalue weighted by atomic mass is 35.5. The summed E-state index contributed by atoms with van der Waals surface area (Å²) in [5.74, 6) is -1.56. The Morgan fingerprint density at radius 1 is 1.17 bits per heavy atom. The first-order chi connectivity index (χ1) is 17.1. The molecule has 1 amide bonds. The maximum atomic E-state index is 14.6. The van der Waals surface area contributed by atoms with Crippen molar-refractivity contribution < 1.29 is 18.7 Å². The fraction of sp³-hybridized carbons (Fsp3) is 0.240. The summed E-state index contributed by atoms with van der Waals surface area (Å²) in [7, 11) is 17.9. The number of halogens is 3. The zero-order chi connectivity index (χ0) is 26.0. The van der Waals surface area contributed by atoms with Crippen molar-refractivity contribution in [2.45, 2.75) is 24.5 Å². The second kappa shape index (κ2) is 10.7. The van der Waals surface area contributed by atoms with Gasteiger partial charge >= 0.3 is 0 Å². The van der Waals surface area contributed by atoms with Crippen LogP contribution >= 0.6 is 23.2 Å². The first-order valence-electron chi connectivity index (χ1n) is 11.1. The first-order valence-corrected chi connectivity index (χ1v) is 11.9. The molecule has 1 aliphatic rings. The van der Waals surface area contributed by atoms with Crippen LogP contribution in [-0.4, -0.2) is 52.6 Å². The summed E-state index contributed by atoms with van der Waals surface area (Å²) in [6.07, 6.45) is 5.19. The molecule has 11 heteroatoms. The minimum absolute atomic E-state index is 0.124. The predicted molar refractivity (Wildman–Crippen MR) is 141 cm³/mol. The van der Waals surface area contributed by atoms with Crippen molar-refractivity contribution in [3.05, 3.63) is 75.7 Å². The molecule has 1 saturated carbocycles. The lowest BCUT2D eigenvalue weighted by molar-refractivity contribution is 0.0979. The summed E-state index contributed by atoms with van der Waals surface area (Å²) >= 11 is 12.5. The molecule has 0 spiro atoms. The van der Waals surface area contributed by atoms with Crippen molar-refractivity contribution in [2.24, 2.45) is 5.92 Å². The average molecular weight is 517 g/mol. The van der Waals surface area contributed by atoms with Crippen LogP contribution in [0.15, 0.2) is 48.7 Å². The zero-order valence-corrected chi connectivity index (χ0v) is 20.6. The highest BCUT2D eigenvalue weighted by molar-refractivity contribution is 6.62. The van der Waals surface area contributed by atoms with Gasteiger partial charge in [-0.1, -0.05) is 47.0 Å². The predicted octanol–water partition coefficient (Wildman–Crippen LogP) is 4.95. The van der Waals surface area contributed by atoms with Gasteiger partial charge in [-0.05, 0) is 49.1 Å². The summed E-state index contributed by atoms with van der Waals surface area (Å²) < 4.78 is 20.7. The molecule has 0 aliphatic heterocycles. The van der Waals surface area contributed by atoms with Gasteiger partial charge < -0.3 is 9.64 Å². The monoisotopic (exact) mass is 516 g/mol. The zero-order valence-electron chi connectivity index (χ0n) is 19.1. The Labute approximate surface area is 222 Å². The van der Waals surface area contributed by atoms with Gasteiger partial charge in [-0.2, -0.15) is 0 Å². The normalized spacial score (nSPS) is 13.6. The van der Waals surface area contributed by atoms with Crippen LogP contribution in [0.25, 0.3) is 11.1 Å². The van der Waals surface area contributed by atoms with Gasteiger partial charge in [0.1, 0.15) is 12.1 Å². The number of nitrogens with zero attached hydrogens (tertiary/aromatic N) is 2. The molecule has 0 saturated heterocycles. The lowest BCUT2D eigenvalue weighted by atomic mass is 9.48. The van der Waals surface area contributed by atoms with Gasteiger partial charge in [-0.3, -0.25) is 9.59 Å². The molecule has 1 aliphatic carbocycles. The van der Waals surface area contributed by atoms with Crippen molar-refractivity contribution >= 4 is 64.8 Å². The number of pyridine rings is 1. The van der Waals surface area contributed by atoms with Gasteiger partial charge in [0.2, 0.25) is 0 Å². The van der Waals surface area contributed by atoms with Gasteiger partial charge in [0.15, 0.2) is 11.6 Å². The molecule has 6 radical (unpaired) electrons. The molecule has 176 valence electrons. The average Bonchev–Trinajstić information content (AvgIpc) is 2.78. The van der Waals surface area contributed by atoms with Crippen LogP contribution in [0.3, 0.4) is 0 Å². The van der Waals surface area contributed by atoms with Crippen LogP contribution in [0, 0.1) is 11.7 Å². The number of aldehydes is 1. The van der Waals surface area contributed by atoms with E-state index < -0.39 is 22.5 Å². The maximum Gasteiger partial charge on any atom is 0.262 e. The number of rotatable bonds is 8. The summed E-state index contributed by atoms with van der Waals surface area (Å²) in [6, 6.07) is 10.2. The molecule has 3 aromatic rings. The number of carbonyl (C=O) groups excluding carboxylic acids is 2. The number of aromatic nitrogens is 1. The van der Waals surface area contributed by atoms with Crippen LogP contribution < -0.4 is 9.64 Å². The number of hydrogen-bond acceptors (Lipinski definition) is 4. The molecule has 2 aromatic carbocycles. The lowest BCUT2D eigenvalue weighted by Gasteiger charge is -2.38. The Kier molecular flexibility index (Phi) is 7.81. The highest BCUT2D eigenvalue weighted by Gasteiger charge is 2.34. The van der Waals surface area contributed by atoms with Gasteiger partial charge in [0.25, 0.3) is 5.91 Å². The first kappa shape index (κ1) is 26.3. The summed E-state index contributed by atoms with van der Waals surface area (Å²) in [4.78, 5) is 29.9. The number of amides is 1. The molecule has 1 aromatic heterocycles. The van der Waals surface area contributed by atoms with Gasteiger partial charge in [0, 0.05) is 27.9 Å². The third-order valence-corrected chi connectivity index (χ3v) is 6.59. The van der Waals surface area contributed by atoms with Crippen LogP contribution in [-0.2, 0) is 0 Å². The highest BCUT2D eigenvalue weighted by Crippen LogP contribution is 2.38. The van der Waals surface area contributed by atoms with E-state index in [1.165, 1.54) is 18.3 Å². The molecular weight excluding hydrogens is 499 g/mol. The van der Waals surface area contributed by atoms with E-state index in [1.807, 2.05) is 0 Å². The van der Waals surface area contributed by atoms with Gasteiger partial charge in [0.05, 0.1) is 40.7 Å². The molecule has 4 rings (SSSR count). The van der Waals surface area contributed by atoms with E-state index in [0.717, 1.165) is 30.2 Å². The number of hydrogen-bond donors (Lipinski definition) is 0. The van der Waals surface area contributed by atoms with Crippen LogP contribution in [0.4, 0.5) is 10.2 Å². The van der Waals surface area contributed by atoms with Crippen molar-refractivity contribution in [3.63, 3.8) is 0 Å². The van der Waals surface area contributed by atoms with Gasteiger partial charge in [-0.15, -0.1) is 0 Å². The van der Waals surface area contributed by atoms with E-state index in [4.69, 9.17) is 51.5 Å². The van der Waals surface area contributed by atoms with E-state index in [-0.39, 0.29) is 16.6 Å². The molecular formula is C25H18B3Cl2FN2O3. The van der Waals surface area contributed by atoms with Crippen LogP contribution in [0.5, 0.6) is 5.75 Å². The van der Waals surface area contributed by atoms with E-state index in [9.17, 15) is 14.0 Å². The maximum absolute atomic E-state index is 14.6. The van der Waals surface area contributed by atoms with Gasteiger partial charge in [-0.25, -0.2) is 9.37 Å². The van der Waals surface area contributed by atoms with E-state index in [0.29, 0.717) is 40.5 Å². The molecule has 1 heterocycles. The van der Waals surface area contributed by atoms with E-state index in [2.05, 4.69) is 4.98 Å². The van der Waals surface area contributed by atoms with Crippen molar-refractivity contribution in [1.29, 1.82) is 0 Å². The molecule has 0 unspecified atom stereocenters. The molecule has 0 atom stereocenters. The van der Waals surface area contributed by atoms with Crippen LogP contribution in [0.2, 0.25) is 10.0 Å². The quantitative estimate of drug-likeness (QED) is 0.314. The van der Waals surface area contributed by atoms with Crippen LogP contribution in [0.1, 0.15) is 40.0 Å². The third-order valence-electron chi connectivity index (χ3n) is 5.95. The largest absolute Gasteiger partial charge is 0.489 e. The Balaban J connectivity index is 1.84. The smallest absolute Gasteiger partial charge is 0.262 e. The fourth-order valence-corrected chi connectivity index (χ4v) is 4.30. The third kappa shape index (κ3) is 5.47. The molecule has 0 N–H and O–H groups in total. The molecule has 0 bridgehead atoms. The van der Waals surface area contributed by atoms with E-state index in [1.54, 1.807) is 24.3 Å². The second-order valence-electron chi connectivity index (χ2n) is 8.64.